The number of ether oxygens (including phenoxy) is 2. The average molecular weight is 276 g/mol. The van der Waals surface area contributed by atoms with Crippen molar-refractivity contribution in [3.63, 3.8) is 0 Å². The highest BCUT2D eigenvalue weighted by Crippen LogP contribution is 2.32. The fraction of sp³-hybridized carbons (Fsp3) is 0.533. The van der Waals surface area contributed by atoms with E-state index in [1.807, 2.05) is 30.1 Å². The van der Waals surface area contributed by atoms with Crippen LogP contribution in [-0.4, -0.2) is 43.8 Å². The topological polar surface area (TPSA) is 50.8 Å². The van der Waals surface area contributed by atoms with E-state index in [2.05, 4.69) is 5.32 Å². The first-order valence-corrected chi connectivity index (χ1v) is 7.10. The predicted octanol–water partition coefficient (Wildman–Crippen LogP) is 1.17. The summed E-state index contributed by atoms with van der Waals surface area (Å²) in [7, 11) is 1.95. The van der Waals surface area contributed by atoms with E-state index in [4.69, 9.17) is 9.47 Å². The van der Waals surface area contributed by atoms with Gasteiger partial charge in [0.05, 0.1) is 6.42 Å². The Morgan fingerprint density at radius 3 is 3.10 bits per heavy atom. The van der Waals surface area contributed by atoms with Crippen LogP contribution in [0.5, 0.6) is 11.5 Å². The summed E-state index contributed by atoms with van der Waals surface area (Å²) in [5.41, 5.74) is 0.978. The molecule has 1 saturated heterocycles. The van der Waals surface area contributed by atoms with Gasteiger partial charge >= 0.3 is 0 Å². The van der Waals surface area contributed by atoms with Crippen LogP contribution in [0.4, 0.5) is 0 Å². The fourth-order valence-corrected chi connectivity index (χ4v) is 2.78. The third-order valence-electron chi connectivity index (χ3n) is 3.97. The number of carbonyl (C=O) groups excluding carboxylic acids is 1. The largest absolute Gasteiger partial charge is 0.454 e. The Morgan fingerprint density at radius 1 is 1.40 bits per heavy atom. The number of likely N-dealkylation sites (tertiary alicyclic amines) is 1. The molecule has 0 aromatic heterocycles. The first-order chi connectivity index (χ1) is 9.76. The normalized spacial score (nSPS) is 21.1. The number of rotatable bonds is 3. The Morgan fingerprint density at radius 2 is 2.25 bits per heavy atom. The Bertz CT molecular complexity index is 504. The minimum Gasteiger partial charge on any atom is -0.454 e. The first-order valence-electron chi connectivity index (χ1n) is 7.10. The summed E-state index contributed by atoms with van der Waals surface area (Å²) in [4.78, 5) is 14.3. The second-order valence-electron chi connectivity index (χ2n) is 5.33. The zero-order chi connectivity index (χ0) is 13.9. The molecule has 3 rings (SSSR count). The lowest BCUT2D eigenvalue weighted by Crippen LogP contribution is -2.47. The second kappa shape index (κ2) is 5.71. The summed E-state index contributed by atoms with van der Waals surface area (Å²) in [5.74, 6) is 1.68. The molecule has 1 N–H and O–H groups in total. The van der Waals surface area contributed by atoms with Crippen LogP contribution in [0.2, 0.25) is 0 Å². The van der Waals surface area contributed by atoms with Crippen molar-refractivity contribution >= 4 is 5.91 Å². The Hall–Kier alpha value is -1.75. The molecule has 0 bridgehead atoms. The maximum absolute atomic E-state index is 12.4. The van der Waals surface area contributed by atoms with Gasteiger partial charge in [-0.25, -0.2) is 0 Å². The summed E-state index contributed by atoms with van der Waals surface area (Å²) >= 11 is 0. The number of hydrogen-bond acceptors (Lipinski definition) is 4. The van der Waals surface area contributed by atoms with Gasteiger partial charge < -0.3 is 19.7 Å². The summed E-state index contributed by atoms with van der Waals surface area (Å²) in [6.45, 7) is 1.93. The van der Waals surface area contributed by atoms with Gasteiger partial charge in [0.25, 0.3) is 0 Å². The minimum absolute atomic E-state index is 0.184. The zero-order valence-electron chi connectivity index (χ0n) is 11.7. The monoisotopic (exact) mass is 276 g/mol. The Labute approximate surface area is 118 Å². The molecule has 1 aromatic carbocycles. The molecule has 5 nitrogen and oxygen atoms in total. The number of nitrogens with zero attached hydrogens (tertiary/aromatic N) is 1. The van der Waals surface area contributed by atoms with Gasteiger partial charge in [0.1, 0.15) is 0 Å². The van der Waals surface area contributed by atoms with E-state index in [0.29, 0.717) is 12.5 Å². The van der Waals surface area contributed by atoms with Crippen LogP contribution in [0.1, 0.15) is 18.4 Å². The fourth-order valence-electron chi connectivity index (χ4n) is 2.78. The number of nitrogens with one attached hydrogen (secondary N) is 1. The molecule has 2 heterocycles. The summed E-state index contributed by atoms with van der Waals surface area (Å²) in [5, 5.41) is 3.26. The van der Waals surface area contributed by atoms with Crippen molar-refractivity contribution in [2.45, 2.75) is 25.3 Å². The van der Waals surface area contributed by atoms with Gasteiger partial charge in [0.15, 0.2) is 11.5 Å². The number of carbonyl (C=O) groups is 1. The van der Waals surface area contributed by atoms with E-state index in [-0.39, 0.29) is 12.7 Å². The SMILES string of the molecule is CNC1CCCN(C(=O)Cc2ccc3c(c2)OCO3)C1. The van der Waals surface area contributed by atoms with E-state index < -0.39 is 0 Å². The molecule has 5 heteroatoms. The predicted molar refractivity (Wildman–Crippen MR) is 74.9 cm³/mol. The number of amides is 1. The number of hydrogen-bond donors (Lipinski definition) is 1. The van der Waals surface area contributed by atoms with Crippen LogP contribution in [0.25, 0.3) is 0 Å². The van der Waals surface area contributed by atoms with Gasteiger partial charge in [-0.15, -0.1) is 0 Å². The number of piperidine rings is 1. The summed E-state index contributed by atoms with van der Waals surface area (Å²) < 4.78 is 10.6. The van der Waals surface area contributed by atoms with Crippen molar-refractivity contribution in [2.24, 2.45) is 0 Å². The number of likely N-dealkylation sites (N-methyl/N-ethyl adjacent to an activating group) is 1. The van der Waals surface area contributed by atoms with Gasteiger partial charge in [-0.3, -0.25) is 4.79 Å². The van der Waals surface area contributed by atoms with E-state index in [1.54, 1.807) is 0 Å². The van der Waals surface area contributed by atoms with Crippen LogP contribution in [0.3, 0.4) is 0 Å². The quantitative estimate of drug-likeness (QED) is 0.900. The van der Waals surface area contributed by atoms with Crippen molar-refractivity contribution in [3.05, 3.63) is 23.8 Å². The minimum atomic E-state index is 0.184. The van der Waals surface area contributed by atoms with Crippen molar-refractivity contribution in [3.8, 4) is 11.5 Å². The third-order valence-corrected chi connectivity index (χ3v) is 3.97. The lowest BCUT2D eigenvalue weighted by molar-refractivity contribution is -0.131. The highest BCUT2D eigenvalue weighted by atomic mass is 16.7. The first kappa shape index (κ1) is 13.2. The van der Waals surface area contributed by atoms with Crippen molar-refractivity contribution in [2.75, 3.05) is 26.9 Å². The summed E-state index contributed by atoms with van der Waals surface area (Å²) in [6, 6.07) is 6.13. The van der Waals surface area contributed by atoms with Crippen LogP contribution in [-0.2, 0) is 11.2 Å². The maximum Gasteiger partial charge on any atom is 0.231 e. The molecular weight excluding hydrogens is 256 g/mol. The maximum atomic E-state index is 12.4. The molecule has 0 spiro atoms. The van der Waals surface area contributed by atoms with Crippen LogP contribution < -0.4 is 14.8 Å². The molecule has 1 fully saturated rings. The van der Waals surface area contributed by atoms with Crippen molar-refractivity contribution < 1.29 is 14.3 Å². The molecule has 2 aliphatic rings. The van der Waals surface area contributed by atoms with Crippen LogP contribution >= 0.6 is 0 Å². The molecule has 0 aliphatic carbocycles. The molecule has 0 saturated carbocycles. The molecule has 1 amide bonds. The molecule has 2 aliphatic heterocycles. The van der Waals surface area contributed by atoms with Crippen LogP contribution in [0, 0.1) is 0 Å². The van der Waals surface area contributed by atoms with E-state index in [9.17, 15) is 4.79 Å². The molecule has 0 radical (unpaired) electrons. The third kappa shape index (κ3) is 2.72. The lowest BCUT2D eigenvalue weighted by atomic mass is 10.0. The molecule has 20 heavy (non-hydrogen) atoms. The van der Waals surface area contributed by atoms with Gasteiger partial charge in [-0.2, -0.15) is 0 Å². The molecular formula is C15H20N2O3. The standard InChI is InChI=1S/C15H20N2O3/c1-16-12-3-2-6-17(9-12)15(18)8-11-4-5-13-14(7-11)20-10-19-13/h4-5,7,12,16H,2-3,6,8-10H2,1H3. The average Bonchev–Trinajstić information content (AvgIpc) is 2.95. The van der Waals surface area contributed by atoms with Gasteiger partial charge in [0.2, 0.25) is 12.7 Å². The summed E-state index contributed by atoms with van der Waals surface area (Å²) in [6.07, 6.45) is 2.63. The molecule has 1 aromatic rings. The van der Waals surface area contributed by atoms with Gasteiger partial charge in [-0.05, 0) is 37.6 Å². The smallest absolute Gasteiger partial charge is 0.231 e. The highest BCUT2D eigenvalue weighted by molar-refractivity contribution is 5.79. The Kier molecular flexibility index (Phi) is 3.78. The molecule has 1 atom stereocenters. The highest BCUT2D eigenvalue weighted by Gasteiger charge is 2.23. The van der Waals surface area contributed by atoms with Crippen LogP contribution in [0.15, 0.2) is 18.2 Å². The lowest BCUT2D eigenvalue weighted by Gasteiger charge is -2.32. The number of benzene rings is 1. The van der Waals surface area contributed by atoms with E-state index >= 15 is 0 Å². The van der Waals surface area contributed by atoms with Crippen molar-refractivity contribution in [1.82, 2.24) is 10.2 Å². The molecule has 108 valence electrons. The van der Waals surface area contributed by atoms with E-state index in [1.165, 1.54) is 0 Å². The van der Waals surface area contributed by atoms with Crippen molar-refractivity contribution in [1.29, 1.82) is 0 Å². The Balaban J connectivity index is 1.63. The van der Waals surface area contributed by atoms with Gasteiger partial charge in [-0.1, -0.05) is 6.07 Å². The van der Waals surface area contributed by atoms with Gasteiger partial charge in [0, 0.05) is 19.1 Å². The molecule has 1 unspecified atom stereocenters. The van der Waals surface area contributed by atoms with E-state index in [0.717, 1.165) is 43.0 Å². The zero-order valence-corrected chi connectivity index (χ0v) is 11.7. The number of fused-ring (bicyclic) bond motifs is 1. The second-order valence-corrected chi connectivity index (χ2v) is 5.33.